The van der Waals surface area contributed by atoms with Gasteiger partial charge >= 0.3 is 0 Å². The van der Waals surface area contributed by atoms with Crippen molar-refractivity contribution >= 4 is 37.5 Å². The Hall–Kier alpha value is -2.33. The monoisotopic (exact) mass is 473 g/mol. The number of nitrogens with zero attached hydrogens (tertiary/aromatic N) is 3. The molecule has 0 saturated carbocycles. The first-order valence-corrected chi connectivity index (χ1v) is 12.9. The lowest BCUT2D eigenvalue weighted by Gasteiger charge is -2.20. The van der Waals surface area contributed by atoms with Gasteiger partial charge in [0.15, 0.2) is 4.80 Å². The Balaban J connectivity index is 1.58. The molecule has 0 spiro atoms. The van der Waals surface area contributed by atoms with Gasteiger partial charge in [-0.05, 0) is 68.7 Å². The van der Waals surface area contributed by atoms with Gasteiger partial charge in [0.05, 0.1) is 21.2 Å². The third kappa shape index (κ3) is 4.56. The highest BCUT2D eigenvalue weighted by atomic mass is 32.2. The lowest BCUT2D eigenvalue weighted by Crippen LogP contribution is -2.34. The van der Waals surface area contributed by atoms with E-state index < -0.39 is 15.9 Å². The zero-order valence-electron chi connectivity index (χ0n) is 18.4. The van der Waals surface area contributed by atoms with E-state index in [9.17, 15) is 13.2 Å². The Bertz CT molecular complexity index is 1300. The number of sulfonamides is 1. The summed E-state index contributed by atoms with van der Waals surface area (Å²) in [5.41, 5.74) is 2.55. The van der Waals surface area contributed by atoms with Gasteiger partial charge in [-0.3, -0.25) is 4.79 Å². The largest absolute Gasteiger partial charge is 0.377 e. The molecule has 0 bridgehead atoms. The number of rotatable bonds is 6. The molecule has 1 atom stereocenters. The zero-order valence-corrected chi connectivity index (χ0v) is 20.1. The van der Waals surface area contributed by atoms with Crippen LogP contribution >= 0.6 is 11.3 Å². The second-order valence-electron chi connectivity index (χ2n) is 7.96. The Morgan fingerprint density at radius 2 is 2.00 bits per heavy atom. The van der Waals surface area contributed by atoms with Crippen LogP contribution in [0.2, 0.25) is 0 Å². The molecule has 9 heteroatoms. The van der Waals surface area contributed by atoms with Crippen LogP contribution in [0.3, 0.4) is 0 Å². The van der Waals surface area contributed by atoms with Crippen LogP contribution in [0.15, 0.2) is 52.4 Å². The lowest BCUT2D eigenvalue weighted by atomic mass is 10.2. The minimum atomic E-state index is -3.65. The van der Waals surface area contributed by atoms with E-state index in [0.717, 1.165) is 28.6 Å². The maximum absolute atomic E-state index is 12.9. The smallest absolute Gasteiger partial charge is 0.279 e. The van der Waals surface area contributed by atoms with Crippen molar-refractivity contribution in [2.24, 2.45) is 4.99 Å². The van der Waals surface area contributed by atoms with Gasteiger partial charge in [-0.2, -0.15) is 9.30 Å². The zero-order chi connectivity index (χ0) is 22.9. The molecule has 2 aromatic carbocycles. The highest BCUT2D eigenvalue weighted by Gasteiger charge is 2.26. The van der Waals surface area contributed by atoms with Gasteiger partial charge in [-0.1, -0.05) is 17.4 Å². The summed E-state index contributed by atoms with van der Waals surface area (Å²) in [6, 6.07) is 12.1. The Morgan fingerprint density at radius 1 is 1.25 bits per heavy atom. The minimum Gasteiger partial charge on any atom is -0.377 e. The third-order valence-electron chi connectivity index (χ3n) is 5.65. The molecule has 2 heterocycles. The van der Waals surface area contributed by atoms with Crippen molar-refractivity contribution in [3.8, 4) is 0 Å². The standard InChI is InChI=1S/C23H27N3O4S2/c1-4-26-20-12-7-16(2)14-21(20)31-23(26)24-22(27)17-8-10-19(11-9-17)32(28,29)25(3)15-18-6-5-13-30-18/h7-12,14,18H,4-6,13,15H2,1-3H3. The molecule has 3 aromatic rings. The van der Waals surface area contributed by atoms with Crippen molar-refractivity contribution in [3.63, 3.8) is 0 Å². The molecule has 0 aliphatic carbocycles. The van der Waals surface area contributed by atoms with Gasteiger partial charge in [0, 0.05) is 32.3 Å². The Kier molecular flexibility index (Phi) is 6.62. The number of hydrogen-bond donors (Lipinski definition) is 0. The molecule has 1 unspecified atom stereocenters. The number of fused-ring (bicyclic) bond motifs is 1. The van der Waals surface area contributed by atoms with Crippen molar-refractivity contribution in [2.75, 3.05) is 20.2 Å². The molecule has 0 radical (unpaired) electrons. The first-order chi connectivity index (χ1) is 15.3. The van der Waals surface area contributed by atoms with Gasteiger partial charge in [-0.15, -0.1) is 0 Å². The van der Waals surface area contributed by atoms with Crippen LogP contribution in [-0.2, 0) is 21.3 Å². The molecule has 0 N–H and O–H groups in total. The van der Waals surface area contributed by atoms with Crippen LogP contribution in [0.5, 0.6) is 0 Å². The highest BCUT2D eigenvalue weighted by Crippen LogP contribution is 2.21. The molecule has 1 amide bonds. The first kappa shape index (κ1) is 22.8. The number of carbonyl (C=O) groups is 1. The molecular weight excluding hydrogens is 446 g/mol. The second kappa shape index (κ2) is 9.27. The summed E-state index contributed by atoms with van der Waals surface area (Å²) in [5, 5.41) is 0. The predicted octanol–water partition coefficient (Wildman–Crippen LogP) is 3.57. The van der Waals surface area contributed by atoms with Crippen molar-refractivity contribution in [1.29, 1.82) is 0 Å². The summed E-state index contributed by atoms with van der Waals surface area (Å²) in [5.74, 6) is -0.396. The van der Waals surface area contributed by atoms with E-state index in [4.69, 9.17) is 4.74 Å². The molecule has 32 heavy (non-hydrogen) atoms. The molecule has 4 rings (SSSR count). The number of benzene rings is 2. The van der Waals surface area contributed by atoms with Crippen LogP contribution in [-0.4, -0.2) is 49.5 Å². The van der Waals surface area contributed by atoms with E-state index in [2.05, 4.69) is 11.1 Å². The molecule has 7 nitrogen and oxygen atoms in total. The van der Waals surface area contributed by atoms with Crippen LogP contribution in [0, 0.1) is 6.92 Å². The quantitative estimate of drug-likeness (QED) is 0.548. The number of amides is 1. The lowest BCUT2D eigenvalue weighted by molar-refractivity contribution is 0.0979. The van der Waals surface area contributed by atoms with E-state index >= 15 is 0 Å². The topological polar surface area (TPSA) is 81.0 Å². The van der Waals surface area contributed by atoms with Gasteiger partial charge in [0.1, 0.15) is 0 Å². The fourth-order valence-corrected chi connectivity index (χ4v) is 6.24. The van der Waals surface area contributed by atoms with E-state index in [1.807, 2.05) is 30.5 Å². The van der Waals surface area contributed by atoms with Gasteiger partial charge in [-0.25, -0.2) is 8.42 Å². The fraction of sp³-hybridized carbons (Fsp3) is 0.391. The molecule has 1 aliphatic heterocycles. The molecule has 1 aromatic heterocycles. The summed E-state index contributed by atoms with van der Waals surface area (Å²) in [4.78, 5) is 17.9. The summed E-state index contributed by atoms with van der Waals surface area (Å²) < 4.78 is 35.7. The predicted molar refractivity (Wildman–Crippen MR) is 125 cm³/mol. The van der Waals surface area contributed by atoms with Crippen molar-refractivity contribution in [3.05, 3.63) is 58.4 Å². The number of aromatic nitrogens is 1. The van der Waals surface area contributed by atoms with E-state index in [1.54, 1.807) is 7.05 Å². The maximum atomic E-state index is 12.9. The highest BCUT2D eigenvalue weighted by molar-refractivity contribution is 7.89. The van der Waals surface area contributed by atoms with Gasteiger partial charge in [0.2, 0.25) is 10.0 Å². The summed E-state index contributed by atoms with van der Waals surface area (Å²) >= 11 is 1.47. The number of hydrogen-bond acceptors (Lipinski definition) is 5. The SMILES string of the molecule is CCn1c(=NC(=O)c2ccc(S(=O)(=O)N(C)CC3CCCO3)cc2)sc2cc(C)ccc21. The molecular formula is C23H27N3O4S2. The van der Waals surface area contributed by atoms with Crippen molar-refractivity contribution in [2.45, 2.75) is 44.2 Å². The van der Waals surface area contributed by atoms with Crippen LogP contribution < -0.4 is 4.80 Å². The number of thiazole rings is 1. The van der Waals surface area contributed by atoms with Crippen molar-refractivity contribution in [1.82, 2.24) is 8.87 Å². The summed E-state index contributed by atoms with van der Waals surface area (Å²) in [7, 11) is -2.10. The fourth-order valence-electron chi connectivity index (χ4n) is 3.85. The number of aryl methyl sites for hydroxylation is 2. The van der Waals surface area contributed by atoms with E-state index in [1.165, 1.54) is 39.9 Å². The molecule has 170 valence electrons. The average molecular weight is 474 g/mol. The minimum absolute atomic E-state index is 0.0650. The number of ether oxygens (including phenoxy) is 1. The van der Waals surface area contributed by atoms with E-state index in [-0.39, 0.29) is 11.0 Å². The second-order valence-corrected chi connectivity index (χ2v) is 11.0. The Morgan fingerprint density at radius 3 is 2.66 bits per heavy atom. The number of likely N-dealkylation sites (N-methyl/N-ethyl adjacent to an activating group) is 1. The van der Waals surface area contributed by atoms with E-state index in [0.29, 0.717) is 30.1 Å². The molecule has 1 saturated heterocycles. The van der Waals surface area contributed by atoms with Gasteiger partial charge in [0.25, 0.3) is 5.91 Å². The Labute approximate surface area is 192 Å². The average Bonchev–Trinajstić information content (AvgIpc) is 3.40. The normalized spacial score (nSPS) is 17.5. The maximum Gasteiger partial charge on any atom is 0.279 e. The number of carbonyl (C=O) groups excluding carboxylic acids is 1. The summed E-state index contributed by atoms with van der Waals surface area (Å²) in [6.07, 6.45) is 1.75. The summed E-state index contributed by atoms with van der Waals surface area (Å²) in [6.45, 7) is 5.74. The third-order valence-corrected chi connectivity index (χ3v) is 8.52. The van der Waals surface area contributed by atoms with Crippen molar-refractivity contribution < 1.29 is 17.9 Å². The first-order valence-electron chi connectivity index (χ1n) is 10.7. The van der Waals surface area contributed by atoms with Crippen LogP contribution in [0.1, 0.15) is 35.7 Å². The molecule has 1 fully saturated rings. The van der Waals surface area contributed by atoms with Gasteiger partial charge < -0.3 is 9.30 Å². The van der Waals surface area contributed by atoms with Crippen LogP contribution in [0.25, 0.3) is 10.2 Å². The van der Waals surface area contributed by atoms with Crippen LogP contribution in [0.4, 0.5) is 0 Å². The molecule has 1 aliphatic rings.